The second kappa shape index (κ2) is 6.89. The van der Waals surface area contributed by atoms with Crippen LogP contribution in [0.1, 0.15) is 0 Å². The van der Waals surface area contributed by atoms with E-state index in [0.717, 1.165) is 11.0 Å². The first-order valence-corrected chi connectivity index (χ1v) is 9.07. The molecular formula is C16H11ClN6O3S. The molecule has 2 aromatic carbocycles. The van der Waals surface area contributed by atoms with Crippen molar-refractivity contribution in [3.63, 3.8) is 0 Å². The van der Waals surface area contributed by atoms with Crippen LogP contribution in [-0.2, 0) is 4.79 Å². The quantitative estimate of drug-likeness (QED) is 0.299. The predicted molar refractivity (Wildman–Crippen MR) is 102 cm³/mol. The van der Waals surface area contributed by atoms with Gasteiger partial charge in [-0.2, -0.15) is 0 Å². The van der Waals surface area contributed by atoms with E-state index in [2.05, 4.69) is 20.5 Å². The fourth-order valence-electron chi connectivity index (χ4n) is 2.60. The number of imidazole rings is 1. The molecule has 0 aliphatic rings. The van der Waals surface area contributed by atoms with E-state index >= 15 is 0 Å². The normalized spacial score (nSPS) is 11.1. The van der Waals surface area contributed by atoms with Crippen LogP contribution < -0.4 is 5.32 Å². The van der Waals surface area contributed by atoms with Gasteiger partial charge in [0.15, 0.2) is 5.16 Å². The van der Waals surface area contributed by atoms with Crippen LogP contribution in [0.25, 0.3) is 16.8 Å². The van der Waals surface area contributed by atoms with Crippen LogP contribution in [-0.4, -0.2) is 36.2 Å². The fraction of sp³-hybridized carbons (Fsp3) is 0.0625. The largest absolute Gasteiger partial charge is 0.325 e. The van der Waals surface area contributed by atoms with Crippen LogP contribution in [0.15, 0.2) is 47.6 Å². The number of aromatic amines is 1. The van der Waals surface area contributed by atoms with Gasteiger partial charge in [0.2, 0.25) is 11.7 Å². The van der Waals surface area contributed by atoms with E-state index < -0.39 is 4.92 Å². The highest BCUT2D eigenvalue weighted by molar-refractivity contribution is 7.99. The van der Waals surface area contributed by atoms with Crippen molar-refractivity contribution in [2.45, 2.75) is 5.16 Å². The molecule has 9 nitrogen and oxygen atoms in total. The zero-order valence-corrected chi connectivity index (χ0v) is 15.1. The van der Waals surface area contributed by atoms with Crippen LogP contribution in [0.5, 0.6) is 0 Å². The van der Waals surface area contributed by atoms with Gasteiger partial charge in [-0.05, 0) is 24.3 Å². The minimum absolute atomic E-state index is 0.0123. The highest BCUT2D eigenvalue weighted by Gasteiger charge is 2.16. The molecule has 27 heavy (non-hydrogen) atoms. The number of carbonyl (C=O) groups is 1. The van der Waals surface area contributed by atoms with Gasteiger partial charge in [-0.15, -0.1) is 5.10 Å². The fourth-order valence-corrected chi connectivity index (χ4v) is 3.54. The molecule has 136 valence electrons. The lowest BCUT2D eigenvalue weighted by Gasteiger charge is -2.05. The number of thioether (sulfide) groups is 1. The van der Waals surface area contributed by atoms with Gasteiger partial charge in [0.05, 0.1) is 21.7 Å². The predicted octanol–water partition coefficient (Wildman–Crippen LogP) is 3.50. The Balaban J connectivity index is 1.49. The second-order valence-corrected chi connectivity index (χ2v) is 6.88. The summed E-state index contributed by atoms with van der Waals surface area (Å²) in [5.74, 6) is 0.340. The number of nitrogens with one attached hydrogen (secondary N) is 2. The third kappa shape index (κ3) is 3.32. The summed E-state index contributed by atoms with van der Waals surface area (Å²) in [4.78, 5) is 27.0. The highest BCUT2D eigenvalue weighted by atomic mass is 35.5. The van der Waals surface area contributed by atoms with Crippen molar-refractivity contribution in [2.75, 3.05) is 11.1 Å². The summed E-state index contributed by atoms with van der Waals surface area (Å²) >= 11 is 7.00. The van der Waals surface area contributed by atoms with E-state index in [-0.39, 0.29) is 22.4 Å². The Bertz CT molecular complexity index is 1190. The molecule has 4 rings (SSSR count). The van der Waals surface area contributed by atoms with Crippen LogP contribution in [0, 0.1) is 10.1 Å². The molecule has 0 aliphatic carbocycles. The SMILES string of the molecule is O=C(CSc1n[nH]c2nc3ccccc3n12)Nc1ccc(Cl)c([N+](=O)[O-])c1. The van der Waals surface area contributed by atoms with Gasteiger partial charge < -0.3 is 5.32 Å². The molecule has 0 saturated carbocycles. The number of fused-ring (bicyclic) bond motifs is 3. The number of hydrogen-bond acceptors (Lipinski definition) is 6. The molecule has 0 fully saturated rings. The molecule has 2 N–H and O–H groups in total. The Kier molecular flexibility index (Phi) is 4.42. The summed E-state index contributed by atoms with van der Waals surface area (Å²) < 4.78 is 1.83. The monoisotopic (exact) mass is 402 g/mol. The van der Waals surface area contributed by atoms with Crippen molar-refractivity contribution in [2.24, 2.45) is 0 Å². The van der Waals surface area contributed by atoms with Gasteiger partial charge in [-0.25, -0.2) is 10.1 Å². The summed E-state index contributed by atoms with van der Waals surface area (Å²) in [7, 11) is 0. The van der Waals surface area contributed by atoms with Crippen LogP contribution in [0.2, 0.25) is 5.02 Å². The maximum absolute atomic E-state index is 12.2. The van der Waals surface area contributed by atoms with Crippen molar-refractivity contribution in [1.82, 2.24) is 19.6 Å². The molecule has 0 saturated heterocycles. The summed E-state index contributed by atoms with van der Waals surface area (Å²) in [6, 6.07) is 11.7. The molecule has 2 heterocycles. The maximum Gasteiger partial charge on any atom is 0.289 e. The third-order valence-corrected chi connectivity index (χ3v) is 5.02. The molecule has 2 aromatic heterocycles. The van der Waals surface area contributed by atoms with E-state index in [1.54, 1.807) is 0 Å². The number of amides is 1. The van der Waals surface area contributed by atoms with E-state index in [1.807, 2.05) is 28.7 Å². The lowest BCUT2D eigenvalue weighted by molar-refractivity contribution is -0.384. The molecule has 1 amide bonds. The van der Waals surface area contributed by atoms with Crippen molar-refractivity contribution < 1.29 is 9.72 Å². The number of rotatable bonds is 5. The van der Waals surface area contributed by atoms with E-state index in [0.29, 0.717) is 16.6 Å². The van der Waals surface area contributed by atoms with Gasteiger partial charge in [0, 0.05) is 11.8 Å². The van der Waals surface area contributed by atoms with Crippen LogP contribution in [0.3, 0.4) is 0 Å². The number of anilines is 1. The summed E-state index contributed by atoms with van der Waals surface area (Å²) in [6.45, 7) is 0. The summed E-state index contributed by atoms with van der Waals surface area (Å²) in [5.41, 5.74) is 1.75. The minimum atomic E-state index is -0.600. The van der Waals surface area contributed by atoms with E-state index in [4.69, 9.17) is 11.6 Å². The number of H-pyrrole nitrogens is 1. The first kappa shape index (κ1) is 17.3. The van der Waals surface area contributed by atoms with Crippen molar-refractivity contribution in [3.05, 3.63) is 57.6 Å². The molecular weight excluding hydrogens is 392 g/mol. The lowest BCUT2D eigenvalue weighted by atomic mass is 10.3. The molecule has 0 spiro atoms. The zero-order chi connectivity index (χ0) is 19.0. The number of halogens is 1. The van der Waals surface area contributed by atoms with Gasteiger partial charge in [-0.3, -0.25) is 19.3 Å². The number of para-hydroxylation sites is 2. The Morgan fingerprint density at radius 3 is 2.96 bits per heavy atom. The average molecular weight is 403 g/mol. The van der Waals surface area contributed by atoms with Crippen LogP contribution >= 0.6 is 23.4 Å². The third-order valence-electron chi connectivity index (χ3n) is 3.76. The zero-order valence-electron chi connectivity index (χ0n) is 13.5. The molecule has 0 aliphatic heterocycles. The maximum atomic E-state index is 12.2. The Hall–Kier alpha value is -3.11. The number of nitro benzene ring substituents is 1. The summed E-state index contributed by atoms with van der Waals surface area (Å²) in [5, 5.41) is 21.2. The second-order valence-electron chi connectivity index (χ2n) is 5.53. The van der Waals surface area contributed by atoms with E-state index in [9.17, 15) is 14.9 Å². The van der Waals surface area contributed by atoms with Crippen molar-refractivity contribution in [1.29, 1.82) is 0 Å². The standard InChI is InChI=1S/C16H11ClN6O3S/c17-10-6-5-9(7-13(10)23(25)26)18-14(24)8-27-16-21-20-15-19-11-3-1-2-4-12(11)22(15)16/h1-7H,8H2,(H,18,24)(H,19,20). The van der Waals surface area contributed by atoms with Crippen LogP contribution in [0.4, 0.5) is 11.4 Å². The minimum Gasteiger partial charge on any atom is -0.325 e. The molecule has 0 unspecified atom stereocenters. The Morgan fingerprint density at radius 1 is 1.33 bits per heavy atom. The van der Waals surface area contributed by atoms with Gasteiger partial charge in [-0.1, -0.05) is 35.5 Å². The van der Waals surface area contributed by atoms with Gasteiger partial charge in [0.1, 0.15) is 5.02 Å². The average Bonchev–Trinajstić information content (AvgIpc) is 3.20. The number of carbonyl (C=O) groups excluding carboxylic acids is 1. The molecule has 0 atom stereocenters. The number of nitro groups is 1. The van der Waals surface area contributed by atoms with Crippen molar-refractivity contribution in [3.8, 4) is 0 Å². The number of aromatic nitrogens is 4. The first-order valence-electron chi connectivity index (χ1n) is 7.71. The van der Waals surface area contributed by atoms with E-state index in [1.165, 1.54) is 30.0 Å². The van der Waals surface area contributed by atoms with Gasteiger partial charge >= 0.3 is 0 Å². The Morgan fingerprint density at radius 2 is 2.15 bits per heavy atom. The summed E-state index contributed by atoms with van der Waals surface area (Å²) in [6.07, 6.45) is 0. The molecule has 0 bridgehead atoms. The topological polar surface area (TPSA) is 118 Å². The van der Waals surface area contributed by atoms with Crippen molar-refractivity contribution >= 4 is 57.5 Å². The molecule has 0 radical (unpaired) electrons. The highest BCUT2D eigenvalue weighted by Crippen LogP contribution is 2.28. The molecule has 4 aromatic rings. The number of benzene rings is 2. The van der Waals surface area contributed by atoms with Gasteiger partial charge in [0.25, 0.3) is 5.69 Å². The number of nitrogens with zero attached hydrogens (tertiary/aromatic N) is 4. The lowest BCUT2D eigenvalue weighted by Crippen LogP contribution is -2.14. The first-order chi connectivity index (χ1) is 13.0. The number of hydrogen-bond donors (Lipinski definition) is 2. The Labute approximate surface area is 160 Å². The smallest absolute Gasteiger partial charge is 0.289 e. The molecule has 11 heteroatoms.